The third kappa shape index (κ3) is 2.22. The van der Waals surface area contributed by atoms with Crippen molar-refractivity contribution < 1.29 is 5.11 Å². The predicted molar refractivity (Wildman–Crippen MR) is 67.3 cm³/mol. The van der Waals surface area contributed by atoms with Gasteiger partial charge < -0.3 is 21.5 Å². The summed E-state index contributed by atoms with van der Waals surface area (Å²) in [6.07, 6.45) is 2.03. The van der Waals surface area contributed by atoms with Crippen molar-refractivity contribution in [2.24, 2.45) is 5.92 Å². The normalized spacial score (nSPS) is 20.3. The highest BCUT2D eigenvalue weighted by atomic mass is 16.3. The smallest absolute Gasteiger partial charge is 0.0568 e. The molecule has 0 bridgehead atoms. The molecule has 1 saturated heterocycles. The lowest BCUT2D eigenvalue weighted by Crippen LogP contribution is -2.20. The number of hydrogen-bond acceptors (Lipinski definition) is 4. The van der Waals surface area contributed by atoms with Crippen LogP contribution in [-0.4, -0.2) is 24.8 Å². The van der Waals surface area contributed by atoms with Crippen molar-refractivity contribution in [1.29, 1.82) is 0 Å². The SMILES string of the molecule is Nc1ccc(N2CCC(CCO)C2)cc1N. The van der Waals surface area contributed by atoms with Gasteiger partial charge in [-0.1, -0.05) is 0 Å². The lowest BCUT2D eigenvalue weighted by Gasteiger charge is -2.19. The molecule has 1 aromatic carbocycles. The first-order chi connectivity index (χ1) is 7.70. The summed E-state index contributed by atoms with van der Waals surface area (Å²) in [6.45, 7) is 2.32. The third-order valence-corrected chi connectivity index (χ3v) is 3.26. The van der Waals surface area contributed by atoms with E-state index in [1.165, 1.54) is 0 Å². The van der Waals surface area contributed by atoms with Crippen LogP contribution in [0.1, 0.15) is 12.8 Å². The van der Waals surface area contributed by atoms with Crippen molar-refractivity contribution in [1.82, 2.24) is 0 Å². The molecule has 0 aromatic heterocycles. The maximum atomic E-state index is 8.91. The minimum atomic E-state index is 0.280. The average molecular weight is 221 g/mol. The molecule has 0 saturated carbocycles. The van der Waals surface area contributed by atoms with Crippen LogP contribution in [0.2, 0.25) is 0 Å². The van der Waals surface area contributed by atoms with E-state index in [-0.39, 0.29) is 6.61 Å². The Hall–Kier alpha value is -1.42. The summed E-state index contributed by atoms with van der Waals surface area (Å²) in [5, 5.41) is 8.91. The number of nitrogens with two attached hydrogens (primary N) is 2. The van der Waals surface area contributed by atoms with E-state index in [2.05, 4.69) is 4.90 Å². The van der Waals surface area contributed by atoms with E-state index in [1.54, 1.807) is 0 Å². The maximum absolute atomic E-state index is 8.91. The van der Waals surface area contributed by atoms with Gasteiger partial charge in [-0.05, 0) is 37.0 Å². The minimum Gasteiger partial charge on any atom is -0.397 e. The van der Waals surface area contributed by atoms with E-state index in [1.807, 2.05) is 18.2 Å². The zero-order valence-electron chi connectivity index (χ0n) is 9.39. The first-order valence-electron chi connectivity index (χ1n) is 5.71. The van der Waals surface area contributed by atoms with E-state index in [0.717, 1.165) is 31.6 Å². The summed E-state index contributed by atoms with van der Waals surface area (Å²) in [5.41, 5.74) is 13.9. The summed E-state index contributed by atoms with van der Waals surface area (Å²) in [5.74, 6) is 0.601. The van der Waals surface area contributed by atoms with Crippen molar-refractivity contribution in [2.45, 2.75) is 12.8 Å². The van der Waals surface area contributed by atoms with Gasteiger partial charge in [0.15, 0.2) is 0 Å². The second-order valence-corrected chi connectivity index (χ2v) is 4.43. The van der Waals surface area contributed by atoms with Gasteiger partial charge in [-0.2, -0.15) is 0 Å². The van der Waals surface area contributed by atoms with Crippen LogP contribution in [0.15, 0.2) is 18.2 Å². The fourth-order valence-corrected chi connectivity index (χ4v) is 2.24. The molecular weight excluding hydrogens is 202 g/mol. The fourth-order valence-electron chi connectivity index (χ4n) is 2.24. The molecule has 0 amide bonds. The van der Waals surface area contributed by atoms with Gasteiger partial charge in [-0.25, -0.2) is 0 Å². The largest absolute Gasteiger partial charge is 0.397 e. The number of hydrogen-bond donors (Lipinski definition) is 3. The van der Waals surface area contributed by atoms with Crippen molar-refractivity contribution >= 4 is 17.1 Å². The molecule has 1 unspecified atom stereocenters. The Morgan fingerprint density at radius 2 is 2.12 bits per heavy atom. The van der Waals surface area contributed by atoms with Gasteiger partial charge in [-0.3, -0.25) is 0 Å². The Balaban J connectivity index is 2.05. The highest BCUT2D eigenvalue weighted by molar-refractivity contribution is 5.70. The zero-order chi connectivity index (χ0) is 11.5. The summed E-state index contributed by atoms with van der Waals surface area (Å²) >= 11 is 0. The number of benzene rings is 1. The lowest BCUT2D eigenvalue weighted by molar-refractivity contribution is 0.263. The Bertz CT molecular complexity index is 367. The molecule has 1 aliphatic heterocycles. The van der Waals surface area contributed by atoms with Crippen molar-refractivity contribution in [3.8, 4) is 0 Å². The van der Waals surface area contributed by atoms with Gasteiger partial charge >= 0.3 is 0 Å². The Labute approximate surface area is 95.8 Å². The second kappa shape index (κ2) is 4.61. The van der Waals surface area contributed by atoms with Crippen LogP contribution < -0.4 is 16.4 Å². The minimum absolute atomic E-state index is 0.280. The zero-order valence-corrected chi connectivity index (χ0v) is 9.39. The number of aliphatic hydroxyl groups is 1. The van der Waals surface area contributed by atoms with Crippen LogP contribution in [-0.2, 0) is 0 Å². The van der Waals surface area contributed by atoms with Crippen LogP contribution in [0.25, 0.3) is 0 Å². The number of anilines is 3. The Morgan fingerprint density at radius 3 is 2.81 bits per heavy atom. The van der Waals surface area contributed by atoms with Crippen molar-refractivity contribution in [2.75, 3.05) is 36.1 Å². The standard InChI is InChI=1S/C12H19N3O/c13-11-2-1-10(7-12(11)14)15-5-3-9(8-15)4-6-16/h1-2,7,9,16H,3-6,8,13-14H2. The first kappa shape index (κ1) is 11.1. The molecule has 1 aromatic rings. The fraction of sp³-hybridized carbons (Fsp3) is 0.500. The van der Waals surface area contributed by atoms with Crippen LogP contribution in [0, 0.1) is 5.92 Å². The Kier molecular flexibility index (Phi) is 3.19. The maximum Gasteiger partial charge on any atom is 0.0568 e. The molecule has 0 radical (unpaired) electrons. The van der Waals surface area contributed by atoms with Crippen molar-refractivity contribution in [3.63, 3.8) is 0 Å². The first-order valence-corrected chi connectivity index (χ1v) is 5.71. The van der Waals surface area contributed by atoms with E-state index in [0.29, 0.717) is 17.3 Å². The highest BCUT2D eigenvalue weighted by Gasteiger charge is 2.22. The molecule has 1 aliphatic rings. The summed E-state index contributed by atoms with van der Waals surface area (Å²) in [6, 6.07) is 5.79. The molecule has 4 heteroatoms. The summed E-state index contributed by atoms with van der Waals surface area (Å²) < 4.78 is 0. The second-order valence-electron chi connectivity index (χ2n) is 4.43. The number of rotatable bonds is 3. The monoisotopic (exact) mass is 221 g/mol. The molecule has 0 aliphatic carbocycles. The number of aliphatic hydroxyl groups excluding tert-OH is 1. The molecule has 2 rings (SSSR count). The molecule has 5 N–H and O–H groups in total. The van der Waals surface area contributed by atoms with Gasteiger partial charge in [0.1, 0.15) is 0 Å². The van der Waals surface area contributed by atoms with Gasteiger partial charge in [0.25, 0.3) is 0 Å². The lowest BCUT2D eigenvalue weighted by atomic mass is 10.1. The molecule has 1 fully saturated rings. The van der Waals surface area contributed by atoms with E-state index >= 15 is 0 Å². The molecule has 1 atom stereocenters. The summed E-state index contributed by atoms with van der Waals surface area (Å²) in [7, 11) is 0. The average Bonchev–Trinajstić information content (AvgIpc) is 2.71. The number of nitrogen functional groups attached to an aromatic ring is 2. The molecule has 16 heavy (non-hydrogen) atoms. The molecule has 0 spiro atoms. The van der Waals surface area contributed by atoms with E-state index in [4.69, 9.17) is 16.6 Å². The molecule has 1 heterocycles. The summed E-state index contributed by atoms with van der Waals surface area (Å²) in [4.78, 5) is 2.30. The molecular formula is C12H19N3O. The van der Waals surface area contributed by atoms with Crippen molar-refractivity contribution in [3.05, 3.63) is 18.2 Å². The van der Waals surface area contributed by atoms with Gasteiger partial charge in [0, 0.05) is 25.4 Å². The van der Waals surface area contributed by atoms with E-state index < -0.39 is 0 Å². The molecule has 4 nitrogen and oxygen atoms in total. The molecule has 88 valence electrons. The van der Waals surface area contributed by atoms with Gasteiger partial charge in [0.05, 0.1) is 11.4 Å². The topological polar surface area (TPSA) is 75.5 Å². The van der Waals surface area contributed by atoms with Gasteiger partial charge in [-0.15, -0.1) is 0 Å². The predicted octanol–water partition coefficient (Wildman–Crippen LogP) is 1.06. The van der Waals surface area contributed by atoms with Crippen LogP contribution in [0.3, 0.4) is 0 Å². The van der Waals surface area contributed by atoms with Crippen LogP contribution in [0.4, 0.5) is 17.1 Å². The number of nitrogens with zero attached hydrogens (tertiary/aromatic N) is 1. The van der Waals surface area contributed by atoms with Crippen LogP contribution >= 0.6 is 0 Å². The quantitative estimate of drug-likeness (QED) is 0.667. The third-order valence-electron chi connectivity index (χ3n) is 3.26. The Morgan fingerprint density at radius 1 is 1.31 bits per heavy atom. The van der Waals surface area contributed by atoms with Gasteiger partial charge in [0.2, 0.25) is 0 Å². The van der Waals surface area contributed by atoms with Crippen LogP contribution in [0.5, 0.6) is 0 Å². The van der Waals surface area contributed by atoms with E-state index in [9.17, 15) is 0 Å². The highest BCUT2D eigenvalue weighted by Crippen LogP contribution is 2.28.